The van der Waals surface area contributed by atoms with Crippen molar-refractivity contribution in [2.24, 2.45) is 0 Å². The molecule has 5 heteroatoms. The maximum absolute atomic E-state index is 13.4. The van der Waals surface area contributed by atoms with Crippen LogP contribution < -0.4 is 5.56 Å². The molecule has 0 N–H and O–H groups in total. The van der Waals surface area contributed by atoms with E-state index in [1.807, 2.05) is 23.6 Å². The van der Waals surface area contributed by atoms with Crippen LogP contribution in [0.1, 0.15) is 32.5 Å². The Morgan fingerprint density at radius 2 is 1.67 bits per heavy atom. The van der Waals surface area contributed by atoms with Crippen LogP contribution in [-0.4, -0.2) is 15.3 Å². The molecule has 0 fully saturated rings. The van der Waals surface area contributed by atoms with Crippen LogP contribution in [0.4, 0.5) is 0 Å². The van der Waals surface area contributed by atoms with E-state index in [9.17, 15) is 9.59 Å². The van der Waals surface area contributed by atoms with Crippen LogP contribution in [-0.2, 0) is 17.8 Å². The zero-order valence-corrected chi connectivity index (χ0v) is 18.0. The first-order valence-electron chi connectivity index (χ1n) is 10.2. The monoisotopic (exact) mass is 416 g/mol. The normalized spacial score (nSPS) is 11.1. The molecule has 0 amide bonds. The highest BCUT2D eigenvalue weighted by molar-refractivity contribution is 7.17. The van der Waals surface area contributed by atoms with E-state index in [1.165, 1.54) is 11.3 Å². The summed E-state index contributed by atoms with van der Waals surface area (Å²) in [5, 5.41) is 2.66. The maximum atomic E-state index is 13.4. The Hall–Kier alpha value is -3.05. The minimum atomic E-state index is -0.0481. The predicted octanol–water partition coefficient (Wildman–Crippen LogP) is 5.72. The molecule has 0 radical (unpaired) electrons. The number of rotatable bonds is 7. The van der Waals surface area contributed by atoms with Crippen molar-refractivity contribution in [1.29, 1.82) is 0 Å². The number of carbonyl (C=O) groups is 1. The molecule has 0 saturated carbocycles. The van der Waals surface area contributed by atoms with Crippen LogP contribution >= 0.6 is 11.3 Å². The Morgan fingerprint density at radius 3 is 2.33 bits per heavy atom. The van der Waals surface area contributed by atoms with E-state index in [4.69, 9.17) is 4.98 Å². The number of benzene rings is 2. The van der Waals surface area contributed by atoms with Gasteiger partial charge in [-0.1, -0.05) is 61.5 Å². The highest BCUT2D eigenvalue weighted by Crippen LogP contribution is 2.32. The summed E-state index contributed by atoms with van der Waals surface area (Å²) < 4.78 is 1.70. The molecule has 152 valence electrons. The number of aryl methyl sites for hydroxylation is 1. The number of hydrogen-bond acceptors (Lipinski definition) is 4. The molecule has 2 aromatic heterocycles. The van der Waals surface area contributed by atoms with Gasteiger partial charge in [0, 0.05) is 30.3 Å². The van der Waals surface area contributed by atoms with Gasteiger partial charge in [0.2, 0.25) is 0 Å². The predicted molar refractivity (Wildman–Crippen MR) is 124 cm³/mol. The standard InChI is InChI=1S/C25H24N2O2S/c1-3-7-22-26-24-23(25(29)27(22)15-14-17(2)28)21(16-30-24)20-12-10-19(11-13-20)18-8-5-4-6-9-18/h4-6,8-13,16H,3,7,14-15H2,1-2H3. The number of nitrogens with zero attached hydrogens (tertiary/aromatic N) is 2. The van der Waals surface area contributed by atoms with Gasteiger partial charge in [0.25, 0.3) is 5.56 Å². The molecule has 0 saturated heterocycles. The number of ketones is 1. The van der Waals surface area contributed by atoms with E-state index in [-0.39, 0.29) is 11.3 Å². The molecule has 0 atom stereocenters. The van der Waals surface area contributed by atoms with Gasteiger partial charge in [-0.3, -0.25) is 14.2 Å². The molecule has 4 aromatic rings. The molecule has 0 unspecified atom stereocenters. The lowest BCUT2D eigenvalue weighted by Gasteiger charge is -2.12. The van der Waals surface area contributed by atoms with Gasteiger partial charge in [-0.15, -0.1) is 11.3 Å². The molecule has 2 aromatic carbocycles. The molecular formula is C25H24N2O2S. The van der Waals surface area contributed by atoms with Gasteiger partial charge in [0.1, 0.15) is 16.4 Å². The lowest BCUT2D eigenvalue weighted by Crippen LogP contribution is -2.26. The van der Waals surface area contributed by atoms with Gasteiger partial charge in [-0.2, -0.15) is 0 Å². The fraction of sp³-hybridized carbons (Fsp3) is 0.240. The first kappa shape index (κ1) is 20.2. The molecule has 2 heterocycles. The van der Waals surface area contributed by atoms with E-state index in [0.29, 0.717) is 18.4 Å². The zero-order chi connectivity index (χ0) is 21.1. The SMILES string of the molecule is CCCc1nc2scc(-c3ccc(-c4ccccc4)cc3)c2c(=O)n1CCC(C)=O. The van der Waals surface area contributed by atoms with Crippen molar-refractivity contribution in [1.82, 2.24) is 9.55 Å². The summed E-state index contributed by atoms with van der Waals surface area (Å²) in [6.07, 6.45) is 1.97. The van der Waals surface area contributed by atoms with Crippen LogP contribution in [0.15, 0.2) is 64.8 Å². The van der Waals surface area contributed by atoms with Gasteiger partial charge in [-0.25, -0.2) is 4.98 Å². The lowest BCUT2D eigenvalue weighted by atomic mass is 10.0. The highest BCUT2D eigenvalue weighted by atomic mass is 32.1. The molecule has 4 rings (SSSR count). The first-order valence-corrected chi connectivity index (χ1v) is 11.1. The maximum Gasteiger partial charge on any atom is 0.262 e. The number of fused-ring (bicyclic) bond motifs is 1. The Kier molecular flexibility index (Phi) is 5.91. The lowest BCUT2D eigenvalue weighted by molar-refractivity contribution is -0.117. The fourth-order valence-electron chi connectivity index (χ4n) is 3.67. The van der Waals surface area contributed by atoms with Crippen molar-refractivity contribution in [3.63, 3.8) is 0 Å². The van der Waals surface area contributed by atoms with E-state index < -0.39 is 0 Å². The Balaban J connectivity index is 1.79. The fourth-order valence-corrected chi connectivity index (χ4v) is 4.62. The van der Waals surface area contributed by atoms with Crippen molar-refractivity contribution in [3.8, 4) is 22.3 Å². The van der Waals surface area contributed by atoms with Crippen molar-refractivity contribution in [2.75, 3.05) is 0 Å². The molecule has 0 aliphatic rings. The average molecular weight is 417 g/mol. The third kappa shape index (κ3) is 3.98. The molecule has 30 heavy (non-hydrogen) atoms. The second kappa shape index (κ2) is 8.76. The van der Waals surface area contributed by atoms with E-state index in [0.717, 1.165) is 45.8 Å². The van der Waals surface area contributed by atoms with E-state index >= 15 is 0 Å². The van der Waals surface area contributed by atoms with Crippen molar-refractivity contribution < 1.29 is 4.79 Å². The van der Waals surface area contributed by atoms with Crippen LogP contribution in [0.25, 0.3) is 32.5 Å². The van der Waals surface area contributed by atoms with Crippen molar-refractivity contribution in [3.05, 3.63) is 76.2 Å². The molecule has 4 nitrogen and oxygen atoms in total. The quantitative estimate of drug-likeness (QED) is 0.387. The topological polar surface area (TPSA) is 52.0 Å². The van der Waals surface area contributed by atoms with Gasteiger partial charge >= 0.3 is 0 Å². The van der Waals surface area contributed by atoms with Gasteiger partial charge in [0.15, 0.2) is 0 Å². The first-order chi connectivity index (χ1) is 14.6. The largest absolute Gasteiger partial charge is 0.300 e. The Morgan fingerprint density at radius 1 is 1.00 bits per heavy atom. The zero-order valence-electron chi connectivity index (χ0n) is 17.2. The average Bonchev–Trinajstić information content (AvgIpc) is 3.18. The molecule has 0 bridgehead atoms. The second-order valence-electron chi connectivity index (χ2n) is 7.46. The van der Waals surface area contributed by atoms with Gasteiger partial charge < -0.3 is 0 Å². The molecule has 0 aliphatic heterocycles. The number of hydrogen-bond donors (Lipinski definition) is 0. The Bertz CT molecular complexity index is 1240. The smallest absolute Gasteiger partial charge is 0.262 e. The minimum Gasteiger partial charge on any atom is -0.300 e. The van der Waals surface area contributed by atoms with Gasteiger partial charge in [0.05, 0.1) is 5.39 Å². The van der Waals surface area contributed by atoms with Crippen molar-refractivity contribution in [2.45, 2.75) is 39.7 Å². The van der Waals surface area contributed by atoms with Crippen LogP contribution in [0.5, 0.6) is 0 Å². The molecular weight excluding hydrogens is 392 g/mol. The van der Waals surface area contributed by atoms with Crippen molar-refractivity contribution >= 4 is 27.3 Å². The number of thiophene rings is 1. The third-order valence-electron chi connectivity index (χ3n) is 5.24. The second-order valence-corrected chi connectivity index (χ2v) is 8.32. The van der Waals surface area contributed by atoms with E-state index in [2.05, 4.69) is 43.3 Å². The van der Waals surface area contributed by atoms with E-state index in [1.54, 1.807) is 11.5 Å². The summed E-state index contributed by atoms with van der Waals surface area (Å²) in [7, 11) is 0. The number of carbonyl (C=O) groups excluding carboxylic acids is 1. The summed E-state index contributed by atoms with van der Waals surface area (Å²) in [5.74, 6) is 0.843. The Labute approximate surface area is 179 Å². The third-order valence-corrected chi connectivity index (χ3v) is 6.11. The summed E-state index contributed by atoms with van der Waals surface area (Å²) in [6, 6.07) is 18.5. The molecule has 0 spiro atoms. The summed E-state index contributed by atoms with van der Waals surface area (Å²) >= 11 is 1.51. The van der Waals surface area contributed by atoms with Gasteiger partial charge in [-0.05, 0) is 30.0 Å². The van der Waals surface area contributed by atoms with Crippen LogP contribution in [0.2, 0.25) is 0 Å². The minimum absolute atomic E-state index is 0.0481. The van der Waals surface area contributed by atoms with Crippen LogP contribution in [0.3, 0.4) is 0 Å². The summed E-state index contributed by atoms with van der Waals surface area (Å²) in [4.78, 5) is 30.5. The summed E-state index contributed by atoms with van der Waals surface area (Å²) in [5.41, 5.74) is 4.17. The summed E-state index contributed by atoms with van der Waals surface area (Å²) in [6.45, 7) is 4.01. The van der Waals surface area contributed by atoms with Crippen LogP contribution in [0, 0.1) is 0 Å². The number of aromatic nitrogens is 2. The highest BCUT2D eigenvalue weighted by Gasteiger charge is 2.17. The molecule has 0 aliphatic carbocycles. The number of Topliss-reactive ketones (excluding diaryl/α,β-unsaturated/α-hetero) is 1.